The number of hydrogen-bond donors (Lipinski definition) is 1. The topological polar surface area (TPSA) is 79.4 Å². The molecule has 2 fully saturated rings. The first kappa shape index (κ1) is 14.6. The fourth-order valence-electron chi connectivity index (χ4n) is 4.04. The Morgan fingerprint density at radius 3 is 2.39 bits per heavy atom. The minimum Gasteiger partial charge on any atom is -0.302 e. The maximum atomic E-state index is 12.6. The first-order valence-electron chi connectivity index (χ1n) is 7.88. The van der Waals surface area contributed by atoms with Gasteiger partial charge in [0.15, 0.2) is 5.13 Å². The third-order valence-corrected chi connectivity index (χ3v) is 5.78. The molecule has 1 saturated heterocycles. The highest BCUT2D eigenvalue weighted by atomic mass is 32.1. The SMILES string of the molecule is O=C(CCN1C(=O)[C@@H]2[C@H](C1=O)[C@H]1C=C[C@H]2CC1)Nc1nccs1. The number of carbonyl (C=O) groups excluding carboxylic acids is 3. The van der Waals surface area contributed by atoms with Gasteiger partial charge in [-0.1, -0.05) is 12.2 Å². The molecule has 2 bridgehead atoms. The van der Waals surface area contributed by atoms with Crippen molar-refractivity contribution in [2.24, 2.45) is 23.7 Å². The van der Waals surface area contributed by atoms with E-state index in [9.17, 15) is 14.4 Å². The third-order valence-electron chi connectivity index (χ3n) is 5.09. The summed E-state index contributed by atoms with van der Waals surface area (Å²) in [6.07, 6.45) is 7.89. The number of likely N-dealkylation sites (tertiary alicyclic amines) is 1. The molecule has 0 radical (unpaired) electrons. The average molecular weight is 331 g/mol. The van der Waals surface area contributed by atoms with E-state index in [0.717, 1.165) is 12.8 Å². The summed E-state index contributed by atoms with van der Waals surface area (Å²) in [5.74, 6) is -0.438. The molecule has 1 N–H and O–H groups in total. The number of carbonyl (C=O) groups is 3. The molecule has 4 atom stereocenters. The van der Waals surface area contributed by atoms with E-state index in [-0.39, 0.29) is 54.4 Å². The van der Waals surface area contributed by atoms with Gasteiger partial charge in [0.25, 0.3) is 0 Å². The predicted octanol–water partition coefficient (Wildman–Crippen LogP) is 1.67. The number of aromatic nitrogens is 1. The van der Waals surface area contributed by atoms with Crippen LogP contribution in [0.25, 0.3) is 0 Å². The van der Waals surface area contributed by atoms with E-state index in [1.165, 1.54) is 16.2 Å². The van der Waals surface area contributed by atoms with Gasteiger partial charge in [0.05, 0.1) is 11.8 Å². The Labute approximate surface area is 137 Å². The van der Waals surface area contributed by atoms with Crippen molar-refractivity contribution in [1.29, 1.82) is 0 Å². The second kappa shape index (κ2) is 5.56. The molecule has 1 aliphatic heterocycles. The van der Waals surface area contributed by atoms with Gasteiger partial charge in [0.1, 0.15) is 0 Å². The van der Waals surface area contributed by atoms with Gasteiger partial charge in [-0.3, -0.25) is 19.3 Å². The number of thiazole rings is 1. The molecule has 120 valence electrons. The zero-order valence-corrected chi connectivity index (χ0v) is 13.3. The zero-order valence-electron chi connectivity index (χ0n) is 12.5. The van der Waals surface area contributed by atoms with E-state index in [1.807, 2.05) is 0 Å². The third kappa shape index (κ3) is 2.39. The molecule has 4 aliphatic rings. The van der Waals surface area contributed by atoms with E-state index in [4.69, 9.17) is 0 Å². The van der Waals surface area contributed by atoms with Gasteiger partial charge < -0.3 is 5.32 Å². The number of imide groups is 1. The summed E-state index contributed by atoms with van der Waals surface area (Å²) < 4.78 is 0. The maximum absolute atomic E-state index is 12.6. The number of allylic oxidation sites excluding steroid dienone is 2. The second-order valence-electron chi connectivity index (χ2n) is 6.31. The summed E-state index contributed by atoms with van der Waals surface area (Å²) in [6.45, 7) is 0.154. The van der Waals surface area contributed by atoms with Crippen LogP contribution in [0.4, 0.5) is 5.13 Å². The van der Waals surface area contributed by atoms with Crippen LogP contribution >= 0.6 is 11.3 Å². The van der Waals surface area contributed by atoms with Crippen molar-refractivity contribution in [3.05, 3.63) is 23.7 Å². The van der Waals surface area contributed by atoms with Crippen molar-refractivity contribution in [2.75, 3.05) is 11.9 Å². The number of anilines is 1. The first-order valence-corrected chi connectivity index (χ1v) is 8.76. The molecule has 0 spiro atoms. The molecule has 5 rings (SSSR count). The number of nitrogens with one attached hydrogen (secondary N) is 1. The van der Waals surface area contributed by atoms with Gasteiger partial charge in [-0.2, -0.15) is 0 Å². The lowest BCUT2D eigenvalue weighted by Crippen LogP contribution is -2.38. The summed E-state index contributed by atoms with van der Waals surface area (Å²) in [7, 11) is 0. The molecule has 1 aromatic rings. The lowest BCUT2D eigenvalue weighted by molar-refractivity contribution is -0.140. The summed E-state index contributed by atoms with van der Waals surface area (Å²) in [5.41, 5.74) is 0. The van der Waals surface area contributed by atoms with Gasteiger partial charge in [0, 0.05) is 24.5 Å². The molecule has 2 heterocycles. The highest BCUT2D eigenvalue weighted by molar-refractivity contribution is 7.13. The van der Waals surface area contributed by atoms with Crippen LogP contribution in [-0.2, 0) is 14.4 Å². The van der Waals surface area contributed by atoms with Crippen molar-refractivity contribution >= 4 is 34.2 Å². The molecular formula is C16H17N3O3S. The Morgan fingerprint density at radius 1 is 1.22 bits per heavy atom. The Kier molecular flexibility index (Phi) is 3.52. The monoisotopic (exact) mass is 331 g/mol. The number of amides is 3. The molecular weight excluding hydrogens is 314 g/mol. The zero-order chi connectivity index (χ0) is 16.0. The van der Waals surface area contributed by atoms with Crippen LogP contribution in [0.5, 0.6) is 0 Å². The van der Waals surface area contributed by atoms with Crippen molar-refractivity contribution in [3.63, 3.8) is 0 Å². The molecule has 1 aromatic heterocycles. The number of nitrogens with zero attached hydrogens (tertiary/aromatic N) is 2. The standard InChI is InChI=1S/C16H17N3O3S/c20-11(18-16-17-6-8-23-16)5-7-19-14(21)12-9-1-2-10(4-3-9)13(12)15(19)22/h1-2,6,8-10,12-13H,3-5,7H2,(H,17,18,20)/t9-,10-,12-,13+/m0/s1. The predicted molar refractivity (Wildman–Crippen MR) is 84.4 cm³/mol. The maximum Gasteiger partial charge on any atom is 0.233 e. The van der Waals surface area contributed by atoms with Crippen LogP contribution in [0.1, 0.15) is 19.3 Å². The lowest BCUT2D eigenvalue weighted by Gasteiger charge is -2.38. The van der Waals surface area contributed by atoms with Crippen molar-refractivity contribution < 1.29 is 14.4 Å². The van der Waals surface area contributed by atoms with Gasteiger partial charge in [0.2, 0.25) is 17.7 Å². The fraction of sp³-hybridized carbons (Fsp3) is 0.500. The Bertz CT molecular complexity index is 653. The molecule has 1 saturated carbocycles. The molecule has 0 unspecified atom stereocenters. The van der Waals surface area contributed by atoms with Gasteiger partial charge in [-0.05, 0) is 24.7 Å². The largest absolute Gasteiger partial charge is 0.302 e. The van der Waals surface area contributed by atoms with E-state index in [1.54, 1.807) is 11.6 Å². The minimum absolute atomic E-state index is 0.0962. The van der Waals surface area contributed by atoms with E-state index >= 15 is 0 Å². The molecule has 3 amide bonds. The van der Waals surface area contributed by atoms with Crippen LogP contribution in [0.2, 0.25) is 0 Å². The van der Waals surface area contributed by atoms with Gasteiger partial charge >= 0.3 is 0 Å². The van der Waals surface area contributed by atoms with Crippen molar-refractivity contribution in [1.82, 2.24) is 9.88 Å². The normalized spacial score (nSPS) is 31.6. The Balaban J connectivity index is 1.41. The van der Waals surface area contributed by atoms with Crippen molar-refractivity contribution in [2.45, 2.75) is 19.3 Å². The number of hydrogen-bond acceptors (Lipinski definition) is 5. The summed E-state index contributed by atoms with van der Waals surface area (Å²) in [5, 5.41) is 4.98. The number of fused-ring (bicyclic) bond motifs is 1. The highest BCUT2D eigenvalue weighted by Crippen LogP contribution is 2.49. The summed E-state index contributed by atoms with van der Waals surface area (Å²) in [6, 6.07) is 0. The summed E-state index contributed by atoms with van der Waals surface area (Å²) in [4.78, 5) is 42.4. The van der Waals surface area contributed by atoms with Gasteiger partial charge in [-0.25, -0.2) is 4.98 Å². The molecule has 3 aliphatic carbocycles. The van der Waals surface area contributed by atoms with Crippen LogP contribution in [0, 0.1) is 23.7 Å². The quantitative estimate of drug-likeness (QED) is 0.672. The Hall–Kier alpha value is -2.02. The first-order chi connectivity index (χ1) is 11.1. The molecule has 0 aromatic carbocycles. The van der Waals surface area contributed by atoms with Crippen LogP contribution in [-0.4, -0.2) is 34.2 Å². The smallest absolute Gasteiger partial charge is 0.233 e. The molecule has 7 heteroatoms. The van der Waals surface area contributed by atoms with Gasteiger partial charge in [-0.15, -0.1) is 11.3 Å². The minimum atomic E-state index is -0.225. The van der Waals surface area contributed by atoms with Crippen LogP contribution in [0.15, 0.2) is 23.7 Å². The molecule has 6 nitrogen and oxygen atoms in total. The van der Waals surface area contributed by atoms with Crippen molar-refractivity contribution in [3.8, 4) is 0 Å². The Morgan fingerprint density at radius 2 is 1.87 bits per heavy atom. The van der Waals surface area contributed by atoms with Crippen LogP contribution in [0.3, 0.4) is 0 Å². The summed E-state index contributed by atoms with van der Waals surface area (Å²) >= 11 is 1.34. The molecule has 23 heavy (non-hydrogen) atoms. The average Bonchev–Trinajstić information content (AvgIpc) is 3.16. The van der Waals surface area contributed by atoms with E-state index < -0.39 is 0 Å². The number of rotatable bonds is 4. The van der Waals surface area contributed by atoms with E-state index in [2.05, 4.69) is 22.5 Å². The highest BCUT2D eigenvalue weighted by Gasteiger charge is 2.56. The second-order valence-corrected chi connectivity index (χ2v) is 7.20. The lowest BCUT2D eigenvalue weighted by atomic mass is 9.63. The van der Waals surface area contributed by atoms with E-state index in [0.29, 0.717) is 5.13 Å². The van der Waals surface area contributed by atoms with Crippen LogP contribution < -0.4 is 5.32 Å². The fourth-order valence-corrected chi connectivity index (χ4v) is 4.58.